The Morgan fingerprint density at radius 3 is 2.90 bits per heavy atom. The summed E-state index contributed by atoms with van der Waals surface area (Å²) in [4.78, 5) is 40.1. The molecule has 4 aromatic rings. The Labute approximate surface area is 232 Å². The molecule has 0 saturated carbocycles. The number of pyridine rings is 2. The topological polar surface area (TPSA) is 104 Å². The first-order valence-corrected chi connectivity index (χ1v) is 13.2. The smallest absolute Gasteiger partial charge is 0.251 e. The van der Waals surface area contributed by atoms with Crippen LogP contribution in [-0.4, -0.2) is 81.3 Å². The van der Waals surface area contributed by atoms with Crippen LogP contribution in [-0.2, 0) is 16.6 Å². The van der Waals surface area contributed by atoms with Gasteiger partial charge in [-0.15, -0.1) is 0 Å². The van der Waals surface area contributed by atoms with Crippen molar-refractivity contribution in [2.24, 2.45) is 7.05 Å². The highest BCUT2D eigenvalue weighted by molar-refractivity contribution is 6.34. The van der Waals surface area contributed by atoms with E-state index in [1.165, 1.54) is 11.0 Å². The van der Waals surface area contributed by atoms with Gasteiger partial charge in [0.25, 0.3) is 5.91 Å². The van der Waals surface area contributed by atoms with E-state index in [0.717, 1.165) is 11.0 Å². The van der Waals surface area contributed by atoms with Gasteiger partial charge in [0.2, 0.25) is 11.8 Å². The maximum atomic E-state index is 16.5. The zero-order valence-electron chi connectivity index (χ0n) is 21.5. The lowest BCUT2D eigenvalue weighted by Gasteiger charge is -2.50. The van der Waals surface area contributed by atoms with Gasteiger partial charge in [-0.05, 0) is 24.3 Å². The molecule has 0 spiro atoms. The molecule has 12 heteroatoms. The van der Waals surface area contributed by atoms with Gasteiger partial charge in [-0.1, -0.05) is 18.2 Å². The number of nitrogens with zero attached hydrogens (tertiary/aromatic N) is 6. The summed E-state index contributed by atoms with van der Waals surface area (Å²) in [5.74, 6) is -1.10. The number of carbonyl (C=O) groups is 2. The quantitative estimate of drug-likeness (QED) is 0.383. The minimum Gasteiger partial charge on any atom is -0.468 e. The number of aromatic nitrogens is 3. The molecule has 204 valence electrons. The number of anilines is 2. The first kappa shape index (κ1) is 24.8. The number of aliphatic hydroxyl groups is 1. The minimum atomic E-state index is -0.741. The lowest BCUT2D eigenvalue weighted by molar-refractivity contribution is -0.128. The molecule has 3 aromatic heterocycles. The summed E-state index contributed by atoms with van der Waals surface area (Å²) in [6.45, 7) is 4.12. The summed E-state index contributed by atoms with van der Waals surface area (Å²) in [5.41, 5.74) is 2.41. The standard InChI is InChI=1S/C28H24ClFN6O4/c1-3-20(38)34-6-7-35-19(12-34)28(39)36-11-16(13-37)40-27-25(36)24(35)17-9-18(29)21(22(30)23(17)32-27)15-8-14-4-5-33(2)26(14)31-10-15/h3-5,8-10,16,19,37H,1,6-7,11-13H2,2H3/t16-,19+/m0/s1. The number of aliphatic hydroxyl groups excluding tert-OH is 1. The van der Waals surface area contributed by atoms with E-state index < -0.39 is 18.0 Å². The van der Waals surface area contributed by atoms with Crippen molar-refractivity contribution in [1.29, 1.82) is 0 Å². The van der Waals surface area contributed by atoms with Crippen molar-refractivity contribution in [2.75, 3.05) is 42.6 Å². The number of hydrogen-bond acceptors (Lipinski definition) is 7. The van der Waals surface area contributed by atoms with Crippen molar-refractivity contribution in [3.8, 4) is 17.0 Å². The van der Waals surface area contributed by atoms with Gasteiger partial charge in [-0.3, -0.25) is 9.59 Å². The fourth-order valence-electron chi connectivity index (χ4n) is 6.01. The Morgan fingerprint density at radius 1 is 1.30 bits per heavy atom. The fraction of sp³-hybridized carbons (Fsp3) is 0.286. The van der Waals surface area contributed by atoms with Gasteiger partial charge in [0.15, 0.2) is 5.82 Å². The number of aryl methyl sites for hydroxylation is 1. The molecule has 40 heavy (non-hydrogen) atoms. The van der Waals surface area contributed by atoms with Crippen molar-refractivity contribution < 1.29 is 23.8 Å². The number of halogens is 2. The van der Waals surface area contributed by atoms with Crippen LogP contribution in [0, 0.1) is 5.82 Å². The van der Waals surface area contributed by atoms with Crippen LogP contribution in [0.25, 0.3) is 33.1 Å². The van der Waals surface area contributed by atoms with Crippen LogP contribution in [0.4, 0.5) is 15.8 Å². The molecule has 0 unspecified atom stereocenters. The third-order valence-electron chi connectivity index (χ3n) is 7.93. The van der Waals surface area contributed by atoms with Gasteiger partial charge in [-0.25, -0.2) is 14.4 Å². The van der Waals surface area contributed by atoms with Gasteiger partial charge >= 0.3 is 0 Å². The second-order valence-corrected chi connectivity index (χ2v) is 10.6. The van der Waals surface area contributed by atoms with E-state index in [1.807, 2.05) is 34.8 Å². The first-order chi connectivity index (χ1) is 19.3. The largest absolute Gasteiger partial charge is 0.468 e. The molecule has 3 aliphatic rings. The molecule has 1 aromatic carbocycles. The Bertz CT molecular complexity index is 1770. The lowest BCUT2D eigenvalue weighted by atomic mass is 9.97. The molecule has 1 N–H and O–H groups in total. The lowest BCUT2D eigenvalue weighted by Crippen LogP contribution is -2.65. The Kier molecular flexibility index (Phi) is 5.52. The number of fused-ring (bicyclic) bond motifs is 5. The van der Waals surface area contributed by atoms with E-state index in [0.29, 0.717) is 35.4 Å². The molecule has 0 aliphatic carbocycles. The Hall–Kier alpha value is -4.22. The van der Waals surface area contributed by atoms with Gasteiger partial charge in [-0.2, -0.15) is 0 Å². The minimum absolute atomic E-state index is 0.0255. The summed E-state index contributed by atoms with van der Waals surface area (Å²) >= 11 is 6.77. The zero-order chi connectivity index (χ0) is 27.9. The molecule has 1 saturated heterocycles. The summed E-state index contributed by atoms with van der Waals surface area (Å²) < 4.78 is 24.3. The number of carbonyl (C=O) groups excluding carboxylic acids is 2. The van der Waals surface area contributed by atoms with E-state index in [1.54, 1.807) is 17.2 Å². The number of hydrogen-bond donors (Lipinski definition) is 1. The predicted molar refractivity (Wildman–Crippen MR) is 148 cm³/mol. The van der Waals surface area contributed by atoms with Crippen LogP contribution in [0.15, 0.2) is 43.2 Å². The van der Waals surface area contributed by atoms with Gasteiger partial charge in [0.1, 0.15) is 29.0 Å². The number of rotatable bonds is 3. The highest BCUT2D eigenvalue weighted by Gasteiger charge is 2.47. The molecule has 6 heterocycles. The molecule has 1 fully saturated rings. The SMILES string of the molecule is C=CC(=O)N1CCN2c3c4c(nc5c(F)c(-c6cnc7c(ccn7C)c6)c(Cl)cc35)O[C@H](CO)CN4C(=O)[C@H]2C1. The molecule has 2 amide bonds. The van der Waals surface area contributed by atoms with Crippen molar-refractivity contribution >= 4 is 56.7 Å². The average Bonchev–Trinajstić information content (AvgIpc) is 3.34. The highest BCUT2D eigenvalue weighted by atomic mass is 35.5. The summed E-state index contributed by atoms with van der Waals surface area (Å²) in [5, 5.41) is 11.3. The van der Waals surface area contributed by atoms with Crippen molar-refractivity contribution in [2.45, 2.75) is 12.1 Å². The third-order valence-corrected chi connectivity index (χ3v) is 8.22. The maximum absolute atomic E-state index is 16.5. The van der Waals surface area contributed by atoms with E-state index in [4.69, 9.17) is 16.3 Å². The second-order valence-electron chi connectivity index (χ2n) is 10.2. The molecule has 2 atom stereocenters. The van der Waals surface area contributed by atoms with Gasteiger partial charge in [0.05, 0.1) is 30.4 Å². The van der Waals surface area contributed by atoms with Crippen molar-refractivity contribution in [1.82, 2.24) is 19.4 Å². The summed E-state index contributed by atoms with van der Waals surface area (Å²) in [6.07, 6.45) is 3.93. The normalized spacial score (nSPS) is 20.0. The average molecular weight is 563 g/mol. The third kappa shape index (κ3) is 3.44. The van der Waals surface area contributed by atoms with Crippen LogP contribution in [0.2, 0.25) is 5.02 Å². The molecule has 0 radical (unpaired) electrons. The molecule has 0 bridgehead atoms. The van der Waals surface area contributed by atoms with Crippen molar-refractivity contribution in [3.63, 3.8) is 0 Å². The number of amides is 2. The molecular formula is C28H24ClFN6O4. The molecule has 3 aliphatic heterocycles. The maximum Gasteiger partial charge on any atom is 0.251 e. The van der Waals surface area contributed by atoms with Crippen LogP contribution < -0.4 is 14.5 Å². The van der Waals surface area contributed by atoms with Gasteiger partial charge < -0.3 is 29.1 Å². The second kappa shape index (κ2) is 8.90. The van der Waals surface area contributed by atoms with E-state index >= 15 is 4.39 Å². The number of piperazine rings is 1. The van der Waals surface area contributed by atoms with Crippen LogP contribution in [0.5, 0.6) is 5.88 Å². The van der Waals surface area contributed by atoms with E-state index in [2.05, 4.69) is 16.5 Å². The molecular weight excluding hydrogens is 539 g/mol. The van der Waals surface area contributed by atoms with Crippen molar-refractivity contribution in [3.05, 3.63) is 54.1 Å². The zero-order valence-corrected chi connectivity index (χ0v) is 22.2. The van der Waals surface area contributed by atoms with Crippen LogP contribution in [0.3, 0.4) is 0 Å². The Balaban J connectivity index is 1.46. The number of benzene rings is 1. The highest BCUT2D eigenvalue weighted by Crippen LogP contribution is 2.51. The molecule has 10 nitrogen and oxygen atoms in total. The van der Waals surface area contributed by atoms with Crippen LogP contribution >= 0.6 is 11.6 Å². The fourth-order valence-corrected chi connectivity index (χ4v) is 6.31. The monoisotopic (exact) mass is 562 g/mol. The van der Waals surface area contributed by atoms with E-state index in [9.17, 15) is 14.7 Å². The first-order valence-electron chi connectivity index (χ1n) is 12.8. The van der Waals surface area contributed by atoms with Crippen LogP contribution in [0.1, 0.15) is 0 Å². The van der Waals surface area contributed by atoms with E-state index in [-0.39, 0.29) is 53.5 Å². The van der Waals surface area contributed by atoms with Gasteiger partial charge in [0, 0.05) is 54.4 Å². The molecule has 7 rings (SSSR count). The summed E-state index contributed by atoms with van der Waals surface area (Å²) in [7, 11) is 1.88. The predicted octanol–water partition coefficient (Wildman–Crippen LogP) is 2.88. The number of ether oxygens (including phenoxy) is 1. The Morgan fingerprint density at radius 2 is 2.12 bits per heavy atom. The summed E-state index contributed by atoms with van der Waals surface area (Å²) in [6, 6.07) is 4.67.